The van der Waals surface area contributed by atoms with Crippen LogP contribution in [0.15, 0.2) is 83.2 Å². The van der Waals surface area contributed by atoms with Gasteiger partial charge in [0.15, 0.2) is 5.78 Å². The van der Waals surface area contributed by atoms with Crippen LogP contribution in [0.5, 0.6) is 0 Å². The first kappa shape index (κ1) is 18.2. The molecule has 1 aliphatic carbocycles. The van der Waals surface area contributed by atoms with Crippen LogP contribution in [0.25, 0.3) is 0 Å². The van der Waals surface area contributed by atoms with E-state index in [1.807, 2.05) is 55.5 Å². The molecule has 0 saturated heterocycles. The zero-order chi connectivity index (χ0) is 19.7. The Labute approximate surface area is 164 Å². The minimum Gasteiger partial charge on any atom is -0.466 e. The molecule has 142 valence electrons. The molecule has 28 heavy (non-hydrogen) atoms. The number of Topliss-reactive ketones (excluding diaryl/α,β-unsaturated/α-hetero) is 1. The summed E-state index contributed by atoms with van der Waals surface area (Å²) in [4.78, 5) is 25.9. The highest BCUT2D eigenvalue weighted by atomic mass is 16.5. The number of hydrogen-bond acceptors (Lipinski definition) is 4. The Hall–Kier alpha value is -3.14. The molecule has 2 atom stereocenters. The Kier molecular flexibility index (Phi) is 4.86. The molecule has 0 saturated carbocycles. The van der Waals surface area contributed by atoms with Gasteiger partial charge in [-0.2, -0.15) is 0 Å². The van der Waals surface area contributed by atoms with Crippen molar-refractivity contribution in [3.8, 4) is 0 Å². The molecule has 2 aliphatic rings. The third-order valence-electron chi connectivity index (χ3n) is 5.64. The van der Waals surface area contributed by atoms with Crippen LogP contribution in [0.2, 0.25) is 0 Å². The van der Waals surface area contributed by atoms with Crippen LogP contribution < -0.4 is 5.32 Å². The van der Waals surface area contributed by atoms with Crippen molar-refractivity contribution in [1.82, 2.24) is 5.32 Å². The minimum absolute atomic E-state index is 0.0883. The van der Waals surface area contributed by atoms with E-state index in [1.165, 1.54) is 12.7 Å². The van der Waals surface area contributed by atoms with Gasteiger partial charge in [0.1, 0.15) is 0 Å². The number of rotatable bonds is 3. The SMILES string of the molecule is COC(=O)C1=C(C)NC2=C(C(=O)C[C@@H](c3ccccc3)C2)[C@@H]1c1ccccc1. The average Bonchev–Trinajstić information content (AvgIpc) is 2.73. The standard InChI is InChI=1S/C24H23NO3/c1-15-21(24(27)28-2)22(17-11-7-4-8-12-17)23-19(25-15)13-18(14-20(23)26)16-9-5-3-6-10-16/h3-12,18,22,25H,13-14H2,1-2H3/t18-,22+/m0/s1. The van der Waals surface area contributed by atoms with Gasteiger partial charge in [-0.05, 0) is 30.4 Å². The Morgan fingerprint density at radius 3 is 2.18 bits per heavy atom. The third kappa shape index (κ3) is 3.15. The summed E-state index contributed by atoms with van der Waals surface area (Å²) in [5.74, 6) is -0.563. The molecule has 4 heteroatoms. The molecule has 0 fully saturated rings. The van der Waals surface area contributed by atoms with Crippen LogP contribution in [0.1, 0.15) is 42.7 Å². The second-order valence-corrected chi connectivity index (χ2v) is 7.33. The Morgan fingerprint density at radius 1 is 0.964 bits per heavy atom. The molecule has 0 bridgehead atoms. The van der Waals surface area contributed by atoms with E-state index >= 15 is 0 Å². The molecule has 1 N–H and O–H groups in total. The fourth-order valence-corrected chi connectivity index (χ4v) is 4.36. The Balaban J connectivity index is 1.81. The summed E-state index contributed by atoms with van der Waals surface area (Å²) < 4.78 is 5.05. The third-order valence-corrected chi connectivity index (χ3v) is 5.64. The Morgan fingerprint density at radius 2 is 1.57 bits per heavy atom. The number of carbonyl (C=O) groups is 2. The van der Waals surface area contributed by atoms with Gasteiger partial charge in [0.05, 0.1) is 12.7 Å². The van der Waals surface area contributed by atoms with Crippen molar-refractivity contribution in [3.05, 3.63) is 94.3 Å². The van der Waals surface area contributed by atoms with E-state index in [0.29, 0.717) is 17.6 Å². The van der Waals surface area contributed by atoms with Gasteiger partial charge in [-0.1, -0.05) is 60.7 Å². The molecule has 0 radical (unpaired) electrons. The fourth-order valence-electron chi connectivity index (χ4n) is 4.36. The predicted octanol–water partition coefficient (Wildman–Crippen LogP) is 4.22. The number of ether oxygens (including phenoxy) is 1. The molecule has 1 heterocycles. The van der Waals surface area contributed by atoms with Crippen molar-refractivity contribution in [1.29, 1.82) is 0 Å². The van der Waals surface area contributed by atoms with Crippen LogP contribution >= 0.6 is 0 Å². The number of benzene rings is 2. The normalized spacial score (nSPS) is 21.9. The van der Waals surface area contributed by atoms with E-state index in [1.54, 1.807) is 0 Å². The number of carbonyl (C=O) groups excluding carboxylic acids is 2. The van der Waals surface area contributed by atoms with Gasteiger partial charge < -0.3 is 10.1 Å². The maximum absolute atomic E-state index is 13.3. The maximum Gasteiger partial charge on any atom is 0.336 e. The van der Waals surface area contributed by atoms with Gasteiger partial charge in [0.25, 0.3) is 0 Å². The van der Waals surface area contributed by atoms with Crippen LogP contribution in [0.3, 0.4) is 0 Å². The van der Waals surface area contributed by atoms with Crippen molar-refractivity contribution in [2.24, 2.45) is 0 Å². The number of dihydropyridines is 1. The second kappa shape index (κ2) is 7.47. The molecule has 0 spiro atoms. The molecular formula is C24H23NO3. The summed E-state index contributed by atoms with van der Waals surface area (Å²) in [6, 6.07) is 19.9. The Bertz CT molecular complexity index is 973. The number of ketones is 1. The number of methoxy groups -OCH3 is 1. The van der Waals surface area contributed by atoms with E-state index in [2.05, 4.69) is 17.4 Å². The monoisotopic (exact) mass is 373 g/mol. The molecule has 0 amide bonds. The summed E-state index contributed by atoms with van der Waals surface area (Å²) in [5, 5.41) is 3.35. The molecule has 4 rings (SSSR count). The van der Waals surface area contributed by atoms with Gasteiger partial charge in [-0.25, -0.2) is 4.79 Å². The summed E-state index contributed by atoms with van der Waals surface area (Å²) in [7, 11) is 1.38. The first-order valence-electron chi connectivity index (χ1n) is 9.52. The average molecular weight is 373 g/mol. The summed E-state index contributed by atoms with van der Waals surface area (Å²) in [6.45, 7) is 1.88. The number of hydrogen-bond donors (Lipinski definition) is 1. The van der Waals surface area contributed by atoms with Crippen LogP contribution in [-0.2, 0) is 14.3 Å². The highest BCUT2D eigenvalue weighted by molar-refractivity contribution is 6.04. The largest absolute Gasteiger partial charge is 0.466 e. The molecule has 0 unspecified atom stereocenters. The molecule has 0 aromatic heterocycles. The number of esters is 1. The van der Waals surface area contributed by atoms with Crippen molar-refractivity contribution in [2.75, 3.05) is 7.11 Å². The van der Waals surface area contributed by atoms with E-state index in [4.69, 9.17) is 4.74 Å². The number of nitrogens with one attached hydrogen (secondary N) is 1. The zero-order valence-corrected chi connectivity index (χ0v) is 16.1. The van der Waals surface area contributed by atoms with Gasteiger partial charge in [-0.3, -0.25) is 4.79 Å². The molecular weight excluding hydrogens is 350 g/mol. The van der Waals surface area contributed by atoms with E-state index in [-0.39, 0.29) is 11.7 Å². The van der Waals surface area contributed by atoms with Crippen molar-refractivity contribution in [2.45, 2.75) is 31.6 Å². The summed E-state index contributed by atoms with van der Waals surface area (Å²) in [5.41, 5.74) is 4.98. The van der Waals surface area contributed by atoms with E-state index < -0.39 is 11.9 Å². The first-order chi connectivity index (χ1) is 13.6. The van der Waals surface area contributed by atoms with Crippen molar-refractivity contribution < 1.29 is 14.3 Å². The summed E-state index contributed by atoms with van der Waals surface area (Å²) in [6.07, 6.45) is 1.20. The quantitative estimate of drug-likeness (QED) is 0.819. The van der Waals surface area contributed by atoms with Crippen molar-refractivity contribution >= 4 is 11.8 Å². The zero-order valence-electron chi connectivity index (χ0n) is 16.1. The molecule has 2 aromatic rings. The summed E-state index contributed by atoms with van der Waals surface area (Å²) >= 11 is 0. The topological polar surface area (TPSA) is 55.4 Å². The van der Waals surface area contributed by atoms with Gasteiger partial charge in [-0.15, -0.1) is 0 Å². The minimum atomic E-state index is -0.400. The predicted molar refractivity (Wildman–Crippen MR) is 107 cm³/mol. The lowest BCUT2D eigenvalue weighted by molar-refractivity contribution is -0.136. The van der Waals surface area contributed by atoms with Crippen LogP contribution in [-0.4, -0.2) is 18.9 Å². The van der Waals surface area contributed by atoms with Crippen LogP contribution in [0.4, 0.5) is 0 Å². The smallest absolute Gasteiger partial charge is 0.336 e. The van der Waals surface area contributed by atoms with E-state index in [0.717, 1.165) is 23.4 Å². The van der Waals surface area contributed by atoms with Gasteiger partial charge in [0.2, 0.25) is 0 Å². The van der Waals surface area contributed by atoms with E-state index in [9.17, 15) is 9.59 Å². The van der Waals surface area contributed by atoms with Gasteiger partial charge >= 0.3 is 5.97 Å². The van der Waals surface area contributed by atoms with Crippen molar-refractivity contribution in [3.63, 3.8) is 0 Å². The first-order valence-corrected chi connectivity index (χ1v) is 9.52. The molecule has 1 aliphatic heterocycles. The maximum atomic E-state index is 13.3. The number of allylic oxidation sites excluding steroid dienone is 3. The lowest BCUT2D eigenvalue weighted by Crippen LogP contribution is -2.36. The molecule has 2 aromatic carbocycles. The van der Waals surface area contributed by atoms with Crippen LogP contribution in [0, 0.1) is 0 Å². The lowest BCUT2D eigenvalue weighted by atomic mass is 9.72. The fraction of sp³-hybridized carbons (Fsp3) is 0.250. The molecule has 4 nitrogen and oxygen atoms in total. The highest BCUT2D eigenvalue weighted by Crippen LogP contribution is 2.45. The second-order valence-electron chi connectivity index (χ2n) is 7.33. The van der Waals surface area contributed by atoms with Gasteiger partial charge in [0, 0.05) is 29.3 Å². The highest BCUT2D eigenvalue weighted by Gasteiger charge is 2.41. The lowest BCUT2D eigenvalue weighted by Gasteiger charge is -2.36.